The molecule has 0 spiro atoms. The van der Waals surface area contributed by atoms with Crippen molar-refractivity contribution in [2.75, 3.05) is 26.4 Å². The van der Waals surface area contributed by atoms with E-state index >= 15 is 0 Å². The lowest BCUT2D eigenvalue weighted by molar-refractivity contribution is 0.0407. The normalized spacial score (nSPS) is 19.9. The van der Waals surface area contributed by atoms with Gasteiger partial charge in [-0.15, -0.1) is 0 Å². The largest absolute Gasteiger partial charge is 0.381 e. The first-order valence-corrected chi connectivity index (χ1v) is 7.49. The maximum absolute atomic E-state index is 5.96. The fourth-order valence-corrected chi connectivity index (χ4v) is 2.60. The van der Waals surface area contributed by atoms with Gasteiger partial charge in [-0.1, -0.05) is 18.5 Å². The van der Waals surface area contributed by atoms with E-state index in [1.807, 2.05) is 6.92 Å². The Morgan fingerprint density at radius 3 is 2.70 bits per heavy atom. The molecule has 1 unspecified atom stereocenters. The van der Waals surface area contributed by atoms with Crippen LogP contribution in [0.3, 0.4) is 0 Å². The summed E-state index contributed by atoms with van der Waals surface area (Å²) < 4.78 is 16.6. The molecule has 1 atom stereocenters. The topological polar surface area (TPSA) is 83.4 Å². The predicted molar refractivity (Wildman–Crippen MR) is 74.4 cm³/mol. The molecule has 2 heterocycles. The van der Waals surface area contributed by atoms with Crippen LogP contribution in [0.1, 0.15) is 57.3 Å². The Bertz CT molecular complexity index is 396. The van der Waals surface area contributed by atoms with Gasteiger partial charge in [0.2, 0.25) is 11.7 Å². The van der Waals surface area contributed by atoms with E-state index in [4.69, 9.17) is 19.7 Å². The van der Waals surface area contributed by atoms with Crippen LogP contribution in [0.2, 0.25) is 0 Å². The zero-order valence-corrected chi connectivity index (χ0v) is 12.4. The smallest absolute Gasteiger partial charge is 0.234 e. The molecule has 114 valence electrons. The molecule has 1 aromatic heterocycles. The summed E-state index contributed by atoms with van der Waals surface area (Å²) in [5, 5.41) is 4.11. The molecule has 0 bridgehead atoms. The predicted octanol–water partition coefficient (Wildman–Crippen LogP) is 1.95. The highest BCUT2D eigenvalue weighted by Gasteiger charge is 2.39. The van der Waals surface area contributed by atoms with E-state index in [9.17, 15) is 0 Å². The summed E-state index contributed by atoms with van der Waals surface area (Å²) in [6.07, 6.45) is 3.49. The zero-order valence-electron chi connectivity index (χ0n) is 12.4. The third-order valence-corrected chi connectivity index (χ3v) is 3.94. The molecule has 1 aromatic rings. The van der Waals surface area contributed by atoms with Crippen LogP contribution in [0.5, 0.6) is 0 Å². The van der Waals surface area contributed by atoms with Gasteiger partial charge in [0, 0.05) is 26.4 Å². The molecule has 0 amide bonds. The summed E-state index contributed by atoms with van der Waals surface area (Å²) in [4.78, 5) is 4.58. The number of nitrogens with zero attached hydrogens (tertiary/aromatic N) is 2. The number of aromatic nitrogens is 2. The van der Waals surface area contributed by atoms with Crippen LogP contribution in [0.25, 0.3) is 0 Å². The van der Waals surface area contributed by atoms with E-state index < -0.39 is 0 Å². The summed E-state index contributed by atoms with van der Waals surface area (Å²) in [5.41, 5.74) is 5.73. The van der Waals surface area contributed by atoms with E-state index in [0.29, 0.717) is 38.1 Å². The van der Waals surface area contributed by atoms with Crippen molar-refractivity contribution >= 4 is 0 Å². The van der Waals surface area contributed by atoms with Crippen molar-refractivity contribution < 1.29 is 14.0 Å². The second-order valence-corrected chi connectivity index (χ2v) is 5.29. The summed E-state index contributed by atoms with van der Waals surface area (Å²) >= 11 is 0. The molecular formula is C14H25N3O3. The highest BCUT2D eigenvalue weighted by Crippen LogP contribution is 2.33. The van der Waals surface area contributed by atoms with E-state index in [1.54, 1.807) is 0 Å². The average Bonchev–Trinajstić information content (AvgIpc) is 2.98. The zero-order chi connectivity index (χ0) is 14.4. The van der Waals surface area contributed by atoms with Crippen molar-refractivity contribution in [3.63, 3.8) is 0 Å². The third kappa shape index (κ3) is 3.19. The van der Waals surface area contributed by atoms with Crippen LogP contribution in [-0.4, -0.2) is 36.5 Å². The lowest BCUT2D eigenvalue weighted by Crippen LogP contribution is -2.41. The second-order valence-electron chi connectivity index (χ2n) is 5.29. The van der Waals surface area contributed by atoms with Crippen molar-refractivity contribution in [1.82, 2.24) is 10.1 Å². The Morgan fingerprint density at radius 2 is 2.10 bits per heavy atom. The Kier molecular flexibility index (Phi) is 5.51. The number of ether oxygens (including phenoxy) is 2. The molecule has 20 heavy (non-hydrogen) atoms. The van der Waals surface area contributed by atoms with Gasteiger partial charge in [0.25, 0.3) is 0 Å². The van der Waals surface area contributed by atoms with Crippen molar-refractivity contribution in [3.8, 4) is 0 Å². The molecule has 0 radical (unpaired) electrons. The summed E-state index contributed by atoms with van der Waals surface area (Å²) in [5.74, 6) is 1.28. The van der Waals surface area contributed by atoms with Gasteiger partial charge in [-0.25, -0.2) is 0 Å². The Morgan fingerprint density at radius 1 is 1.35 bits per heavy atom. The SMILES string of the molecule is CCCC(OCC)c1noc(C2(CN)CCOCC2)n1. The monoisotopic (exact) mass is 283 g/mol. The molecule has 1 saturated heterocycles. The van der Waals surface area contributed by atoms with Crippen LogP contribution in [-0.2, 0) is 14.9 Å². The summed E-state index contributed by atoms with van der Waals surface area (Å²) in [6, 6.07) is 0. The maximum Gasteiger partial charge on any atom is 0.234 e. The van der Waals surface area contributed by atoms with Gasteiger partial charge in [0.1, 0.15) is 6.10 Å². The molecule has 2 N–H and O–H groups in total. The van der Waals surface area contributed by atoms with E-state index in [2.05, 4.69) is 17.1 Å². The van der Waals surface area contributed by atoms with Crippen LogP contribution in [0.4, 0.5) is 0 Å². The minimum absolute atomic E-state index is 0.0860. The molecule has 0 saturated carbocycles. The quantitative estimate of drug-likeness (QED) is 0.823. The number of hydrogen-bond acceptors (Lipinski definition) is 6. The van der Waals surface area contributed by atoms with Gasteiger partial charge < -0.3 is 19.7 Å². The van der Waals surface area contributed by atoms with Crippen LogP contribution in [0.15, 0.2) is 4.52 Å². The molecule has 2 rings (SSSR count). The van der Waals surface area contributed by atoms with Gasteiger partial charge in [0.15, 0.2) is 0 Å². The van der Waals surface area contributed by atoms with Gasteiger partial charge in [0.05, 0.1) is 5.41 Å². The van der Waals surface area contributed by atoms with E-state index in [1.165, 1.54) is 0 Å². The van der Waals surface area contributed by atoms with Gasteiger partial charge in [-0.2, -0.15) is 4.98 Å². The van der Waals surface area contributed by atoms with Crippen molar-refractivity contribution in [3.05, 3.63) is 11.7 Å². The van der Waals surface area contributed by atoms with Crippen molar-refractivity contribution in [1.29, 1.82) is 0 Å². The van der Waals surface area contributed by atoms with E-state index in [-0.39, 0.29) is 11.5 Å². The first-order chi connectivity index (χ1) is 9.75. The lowest BCUT2D eigenvalue weighted by Gasteiger charge is -2.32. The van der Waals surface area contributed by atoms with Crippen LogP contribution in [0, 0.1) is 0 Å². The molecule has 1 aliphatic heterocycles. The Balaban J connectivity index is 2.17. The second kappa shape index (κ2) is 7.15. The van der Waals surface area contributed by atoms with Crippen molar-refractivity contribution in [2.24, 2.45) is 5.73 Å². The maximum atomic E-state index is 5.96. The van der Waals surface area contributed by atoms with Gasteiger partial charge in [-0.3, -0.25) is 0 Å². The molecule has 1 aliphatic rings. The number of nitrogens with two attached hydrogens (primary N) is 1. The van der Waals surface area contributed by atoms with Crippen LogP contribution >= 0.6 is 0 Å². The van der Waals surface area contributed by atoms with Gasteiger partial charge in [-0.05, 0) is 26.2 Å². The molecule has 1 fully saturated rings. The lowest BCUT2D eigenvalue weighted by atomic mass is 9.80. The first kappa shape index (κ1) is 15.4. The summed E-state index contributed by atoms with van der Waals surface area (Å²) in [7, 11) is 0. The van der Waals surface area contributed by atoms with E-state index in [0.717, 1.165) is 25.7 Å². The molecule has 0 aliphatic carbocycles. The number of rotatable bonds is 7. The Hall–Kier alpha value is -0.980. The minimum Gasteiger partial charge on any atom is -0.381 e. The van der Waals surface area contributed by atoms with Gasteiger partial charge >= 0.3 is 0 Å². The molecule has 6 nitrogen and oxygen atoms in total. The molecular weight excluding hydrogens is 258 g/mol. The fourth-order valence-electron chi connectivity index (χ4n) is 2.60. The highest BCUT2D eigenvalue weighted by atomic mass is 16.5. The number of hydrogen-bond donors (Lipinski definition) is 1. The highest BCUT2D eigenvalue weighted by molar-refractivity contribution is 5.08. The first-order valence-electron chi connectivity index (χ1n) is 7.49. The molecule has 6 heteroatoms. The summed E-state index contributed by atoms with van der Waals surface area (Å²) in [6.45, 7) is 6.63. The van der Waals surface area contributed by atoms with Crippen LogP contribution < -0.4 is 5.73 Å². The average molecular weight is 283 g/mol. The fraction of sp³-hybridized carbons (Fsp3) is 0.857. The molecule has 0 aromatic carbocycles. The van der Waals surface area contributed by atoms with Crippen molar-refractivity contribution in [2.45, 2.75) is 51.0 Å². The Labute approximate surface area is 120 Å². The standard InChI is InChI=1S/C14H25N3O3/c1-3-5-11(19-4-2)12-16-13(20-17-12)14(10-15)6-8-18-9-7-14/h11H,3-10,15H2,1-2H3. The minimum atomic E-state index is -0.230. The third-order valence-electron chi connectivity index (χ3n) is 3.94.